The molecule has 3 heterocycles. The summed E-state index contributed by atoms with van der Waals surface area (Å²) in [7, 11) is 1.45. The van der Waals surface area contributed by atoms with E-state index in [4.69, 9.17) is 23.9 Å². The van der Waals surface area contributed by atoms with E-state index in [1.54, 1.807) is 6.07 Å². The molecule has 1 amide bonds. The van der Waals surface area contributed by atoms with Crippen molar-refractivity contribution in [2.45, 2.75) is 51.6 Å². The fourth-order valence-corrected chi connectivity index (χ4v) is 5.13. The molecule has 0 saturated heterocycles. The first-order valence-electron chi connectivity index (χ1n) is 13.7. The Kier molecular flexibility index (Phi) is 7.13. The fourth-order valence-electron chi connectivity index (χ4n) is 5.13. The van der Waals surface area contributed by atoms with Crippen LogP contribution in [0.3, 0.4) is 0 Å². The third kappa shape index (κ3) is 5.69. The number of aryl methyl sites for hydroxylation is 1. The van der Waals surface area contributed by atoms with Crippen molar-refractivity contribution < 1.29 is 27.5 Å². The number of carbonyl (C=O) groups excluding carboxylic acids is 1. The second-order valence-corrected chi connectivity index (χ2v) is 10.5. The number of methoxy groups -OCH3 is 1. The molecule has 5 aromatic rings. The number of nitrogens with one attached hydrogen (secondary N) is 3. The summed E-state index contributed by atoms with van der Waals surface area (Å²) in [5.41, 5.74) is 4.47. The van der Waals surface area contributed by atoms with Crippen molar-refractivity contribution in [3.05, 3.63) is 54.0 Å². The number of anilines is 2. The molecule has 3 N–H and O–H groups in total. The molecule has 42 heavy (non-hydrogen) atoms. The van der Waals surface area contributed by atoms with Crippen LogP contribution in [0.15, 0.2) is 47.0 Å². The number of halogens is 2. The van der Waals surface area contributed by atoms with Gasteiger partial charge in [-0.05, 0) is 61.6 Å². The molecule has 1 aliphatic rings. The first-order valence-corrected chi connectivity index (χ1v) is 13.7. The van der Waals surface area contributed by atoms with Crippen molar-refractivity contribution >= 4 is 39.7 Å². The van der Waals surface area contributed by atoms with Gasteiger partial charge in [-0.2, -0.15) is 9.97 Å². The minimum absolute atomic E-state index is 0.0425. The molecule has 218 valence electrons. The SMILES string of the molecule is COc1cc(C(=O)NCC(C)(F)F)ccc1Nc1nc(OC2CCCC2)c2c(-c3ccc4nc(C)oc4c3)c[nH]c2n1. The third-order valence-electron chi connectivity index (χ3n) is 7.15. The van der Waals surface area contributed by atoms with Gasteiger partial charge in [0.05, 0.1) is 24.7 Å². The molecule has 0 unspecified atom stereocenters. The van der Waals surface area contributed by atoms with Gasteiger partial charge in [0.15, 0.2) is 11.5 Å². The molecule has 1 aliphatic carbocycles. The van der Waals surface area contributed by atoms with E-state index >= 15 is 0 Å². The highest BCUT2D eigenvalue weighted by Crippen LogP contribution is 2.38. The number of rotatable bonds is 9. The third-order valence-corrected chi connectivity index (χ3v) is 7.15. The summed E-state index contributed by atoms with van der Waals surface area (Å²) in [5.74, 6) is -2.05. The van der Waals surface area contributed by atoms with E-state index in [9.17, 15) is 13.6 Å². The van der Waals surface area contributed by atoms with E-state index in [1.807, 2.05) is 31.3 Å². The van der Waals surface area contributed by atoms with Gasteiger partial charge in [0.2, 0.25) is 11.8 Å². The van der Waals surface area contributed by atoms with E-state index < -0.39 is 18.4 Å². The van der Waals surface area contributed by atoms with Crippen molar-refractivity contribution in [3.8, 4) is 22.8 Å². The van der Waals surface area contributed by atoms with Gasteiger partial charge in [-0.25, -0.2) is 13.8 Å². The zero-order chi connectivity index (χ0) is 29.4. The van der Waals surface area contributed by atoms with Crippen molar-refractivity contribution in [2.75, 3.05) is 19.0 Å². The fraction of sp³-hybridized carbons (Fsp3) is 0.333. The van der Waals surface area contributed by atoms with Crippen molar-refractivity contribution in [3.63, 3.8) is 0 Å². The number of fused-ring (bicyclic) bond motifs is 2. The zero-order valence-corrected chi connectivity index (χ0v) is 23.4. The van der Waals surface area contributed by atoms with Gasteiger partial charge in [-0.15, -0.1) is 0 Å². The van der Waals surface area contributed by atoms with Gasteiger partial charge in [0.1, 0.15) is 23.0 Å². The van der Waals surface area contributed by atoms with Crippen LogP contribution in [0.2, 0.25) is 0 Å². The van der Waals surface area contributed by atoms with E-state index in [1.165, 1.54) is 19.2 Å². The predicted octanol–water partition coefficient (Wildman–Crippen LogP) is 6.53. The smallest absolute Gasteiger partial charge is 0.262 e. The van der Waals surface area contributed by atoms with Crippen LogP contribution < -0.4 is 20.1 Å². The number of amides is 1. The topological polar surface area (TPSA) is 127 Å². The molecule has 0 aliphatic heterocycles. The quantitative estimate of drug-likeness (QED) is 0.181. The minimum atomic E-state index is -3.02. The minimum Gasteiger partial charge on any atom is -0.495 e. The Hall–Kier alpha value is -4.74. The Balaban J connectivity index is 1.34. The second-order valence-electron chi connectivity index (χ2n) is 10.5. The van der Waals surface area contributed by atoms with Gasteiger partial charge in [-0.1, -0.05) is 6.07 Å². The molecule has 0 spiro atoms. The van der Waals surface area contributed by atoms with Crippen LogP contribution in [0.25, 0.3) is 33.3 Å². The first-order chi connectivity index (χ1) is 20.2. The van der Waals surface area contributed by atoms with E-state index in [0.717, 1.165) is 54.6 Å². The molecule has 0 radical (unpaired) electrons. The van der Waals surface area contributed by atoms with Gasteiger partial charge >= 0.3 is 0 Å². The van der Waals surface area contributed by atoms with Crippen LogP contribution in [-0.2, 0) is 0 Å². The zero-order valence-electron chi connectivity index (χ0n) is 23.4. The number of ether oxygens (including phenoxy) is 2. The Morgan fingerprint density at radius 3 is 2.71 bits per heavy atom. The highest BCUT2D eigenvalue weighted by Gasteiger charge is 2.24. The first kappa shape index (κ1) is 27.4. The summed E-state index contributed by atoms with van der Waals surface area (Å²) in [4.78, 5) is 29.5. The number of hydrogen-bond acceptors (Lipinski definition) is 8. The van der Waals surface area contributed by atoms with Crippen LogP contribution in [-0.4, -0.2) is 51.5 Å². The number of aromatic nitrogens is 4. The summed E-state index contributed by atoms with van der Waals surface area (Å²) in [6, 6.07) is 10.4. The average Bonchev–Trinajstić information content (AvgIpc) is 3.70. The Bertz CT molecular complexity index is 1770. The Morgan fingerprint density at radius 1 is 1.14 bits per heavy atom. The number of alkyl halides is 2. The van der Waals surface area contributed by atoms with Crippen LogP contribution in [0.1, 0.15) is 48.9 Å². The van der Waals surface area contributed by atoms with Crippen LogP contribution >= 0.6 is 0 Å². The van der Waals surface area contributed by atoms with Gasteiger partial charge in [-0.3, -0.25) is 4.79 Å². The van der Waals surface area contributed by atoms with Crippen LogP contribution in [0.4, 0.5) is 20.4 Å². The summed E-state index contributed by atoms with van der Waals surface area (Å²) in [6.07, 6.45) is 5.98. The Morgan fingerprint density at radius 2 is 1.95 bits per heavy atom. The van der Waals surface area contributed by atoms with Crippen molar-refractivity contribution in [1.82, 2.24) is 25.3 Å². The largest absolute Gasteiger partial charge is 0.495 e. The van der Waals surface area contributed by atoms with Gasteiger partial charge in [0.25, 0.3) is 11.8 Å². The number of oxazole rings is 1. The Labute approximate surface area is 239 Å². The van der Waals surface area contributed by atoms with Crippen molar-refractivity contribution in [1.29, 1.82) is 0 Å². The van der Waals surface area contributed by atoms with Gasteiger partial charge in [0, 0.05) is 31.2 Å². The maximum Gasteiger partial charge on any atom is 0.262 e. The van der Waals surface area contributed by atoms with E-state index in [0.29, 0.717) is 34.4 Å². The summed E-state index contributed by atoms with van der Waals surface area (Å²) >= 11 is 0. The molecule has 0 atom stereocenters. The number of aromatic amines is 1. The summed E-state index contributed by atoms with van der Waals surface area (Å²) in [5, 5.41) is 6.13. The maximum absolute atomic E-state index is 13.2. The second kappa shape index (κ2) is 10.9. The normalized spacial score (nSPS) is 14.0. The van der Waals surface area contributed by atoms with Crippen LogP contribution in [0.5, 0.6) is 11.6 Å². The molecule has 1 fully saturated rings. The number of hydrogen-bond donors (Lipinski definition) is 3. The number of benzene rings is 2. The molecule has 12 heteroatoms. The molecule has 6 rings (SSSR count). The molecular formula is C30H30F2N6O4. The molecule has 1 saturated carbocycles. The van der Waals surface area contributed by atoms with E-state index in [2.05, 4.69) is 20.6 Å². The summed E-state index contributed by atoms with van der Waals surface area (Å²) < 4.78 is 44.1. The van der Waals surface area contributed by atoms with E-state index in [-0.39, 0.29) is 17.6 Å². The highest BCUT2D eigenvalue weighted by atomic mass is 19.3. The molecular weight excluding hydrogens is 546 g/mol. The molecule has 2 aromatic carbocycles. The number of H-pyrrole nitrogens is 1. The molecule has 0 bridgehead atoms. The lowest BCUT2D eigenvalue weighted by Gasteiger charge is -2.16. The van der Waals surface area contributed by atoms with Gasteiger partial charge < -0.3 is 29.5 Å². The lowest BCUT2D eigenvalue weighted by atomic mass is 10.1. The van der Waals surface area contributed by atoms with Crippen LogP contribution in [0, 0.1) is 6.92 Å². The van der Waals surface area contributed by atoms with Crippen molar-refractivity contribution in [2.24, 2.45) is 0 Å². The average molecular weight is 577 g/mol. The lowest BCUT2D eigenvalue weighted by molar-refractivity contribution is 0.0221. The monoisotopic (exact) mass is 576 g/mol. The highest BCUT2D eigenvalue weighted by molar-refractivity contribution is 5.99. The number of nitrogens with zero attached hydrogens (tertiary/aromatic N) is 3. The summed E-state index contributed by atoms with van der Waals surface area (Å²) in [6.45, 7) is 1.79. The standard InChI is InChI=1S/C30H30F2N6O4/c1-16-35-22-10-8-17(12-24(22)41-16)20-14-33-26-25(20)28(42-19-6-4-5-7-19)38-29(37-26)36-21-11-9-18(13-23(21)40-3)27(39)34-15-30(2,31)32/h8-14,19H,4-7,15H2,1-3H3,(H,34,39)(H2,33,36,37,38). The maximum atomic E-state index is 13.2. The lowest BCUT2D eigenvalue weighted by Crippen LogP contribution is -2.34. The number of carbonyl (C=O) groups is 1. The molecule has 10 nitrogen and oxygen atoms in total. The molecule has 3 aromatic heterocycles. The predicted molar refractivity (Wildman–Crippen MR) is 154 cm³/mol.